The van der Waals surface area contributed by atoms with Gasteiger partial charge in [0.05, 0.1) is 13.2 Å². The minimum atomic E-state index is -0.772. The van der Waals surface area contributed by atoms with E-state index in [1.54, 1.807) is 13.8 Å². The summed E-state index contributed by atoms with van der Waals surface area (Å²) in [6.07, 6.45) is -0.618. The highest BCUT2D eigenvalue weighted by molar-refractivity contribution is 5.32. The summed E-state index contributed by atoms with van der Waals surface area (Å²) in [6.45, 7) is 6.85. The highest BCUT2D eigenvalue weighted by atomic mass is 16.6. The topological polar surface area (TPSA) is 77.4 Å². The van der Waals surface area contributed by atoms with E-state index < -0.39 is 12.6 Å². The molecule has 0 aromatic heterocycles. The Labute approximate surface area is 173 Å². The van der Waals surface area contributed by atoms with Gasteiger partial charge in [-0.15, -0.1) is 0 Å². The summed E-state index contributed by atoms with van der Waals surface area (Å²) in [6, 6.07) is 16.1. The van der Waals surface area contributed by atoms with Crippen molar-refractivity contribution in [2.75, 3.05) is 26.4 Å². The van der Waals surface area contributed by atoms with Crippen LogP contribution in [0.25, 0.3) is 0 Å². The van der Waals surface area contributed by atoms with Crippen LogP contribution in [-0.4, -0.2) is 49.2 Å². The lowest BCUT2D eigenvalue weighted by atomic mass is 9.94. The Morgan fingerprint density at radius 2 is 1.10 bits per heavy atom. The molecule has 0 aliphatic carbocycles. The Morgan fingerprint density at radius 1 is 0.655 bits per heavy atom. The number of hydrogen-bond acceptors (Lipinski definition) is 6. The Kier molecular flexibility index (Phi) is 9.94. The summed E-state index contributed by atoms with van der Waals surface area (Å²) in [4.78, 5) is 0. The van der Waals surface area contributed by atoms with E-state index in [2.05, 4.69) is 31.2 Å². The Balaban J connectivity index is 1.76. The Bertz CT molecular complexity index is 682. The van der Waals surface area contributed by atoms with Gasteiger partial charge in [-0.05, 0) is 61.6 Å². The fourth-order valence-corrected chi connectivity index (χ4v) is 2.84. The highest BCUT2D eigenvalue weighted by Gasteiger charge is 2.08. The molecule has 0 radical (unpaired) electrons. The summed E-state index contributed by atoms with van der Waals surface area (Å²) in [7, 11) is 0. The maximum Gasteiger partial charge on any atom is 0.151 e. The minimum absolute atomic E-state index is 0.350. The smallest absolute Gasteiger partial charge is 0.151 e. The molecular weight excluding hydrogens is 372 g/mol. The van der Waals surface area contributed by atoms with Crippen LogP contribution in [0.4, 0.5) is 0 Å². The molecule has 2 rings (SSSR count). The van der Waals surface area contributed by atoms with Gasteiger partial charge in [0.2, 0.25) is 0 Å². The molecule has 2 aromatic carbocycles. The SMILES string of the molecule is CC(O)OCCOc1ccc(CC(C)c2ccc(OCCOC(C)O)cc2)cc1. The van der Waals surface area contributed by atoms with Crippen molar-refractivity contribution in [2.45, 2.75) is 45.7 Å². The van der Waals surface area contributed by atoms with Crippen LogP contribution in [0.5, 0.6) is 11.5 Å². The molecule has 6 nitrogen and oxygen atoms in total. The lowest BCUT2D eigenvalue weighted by Crippen LogP contribution is -2.13. The van der Waals surface area contributed by atoms with Gasteiger partial charge < -0.3 is 29.2 Å². The second kappa shape index (κ2) is 12.4. The second-order valence-electron chi connectivity index (χ2n) is 6.96. The zero-order chi connectivity index (χ0) is 21.1. The predicted molar refractivity (Wildman–Crippen MR) is 111 cm³/mol. The highest BCUT2D eigenvalue weighted by Crippen LogP contribution is 2.24. The van der Waals surface area contributed by atoms with Crippen LogP contribution in [0.2, 0.25) is 0 Å². The third kappa shape index (κ3) is 9.28. The number of benzene rings is 2. The van der Waals surface area contributed by atoms with Crippen molar-refractivity contribution in [3.63, 3.8) is 0 Å². The first-order valence-corrected chi connectivity index (χ1v) is 9.98. The minimum Gasteiger partial charge on any atom is -0.491 e. The van der Waals surface area contributed by atoms with Crippen LogP contribution in [-0.2, 0) is 15.9 Å². The van der Waals surface area contributed by atoms with E-state index in [4.69, 9.17) is 29.2 Å². The first kappa shape index (κ1) is 23.2. The lowest BCUT2D eigenvalue weighted by Gasteiger charge is -2.14. The van der Waals surface area contributed by atoms with Crippen molar-refractivity contribution in [3.8, 4) is 11.5 Å². The first-order valence-electron chi connectivity index (χ1n) is 9.98. The molecule has 3 unspecified atom stereocenters. The van der Waals surface area contributed by atoms with Gasteiger partial charge in [-0.25, -0.2) is 0 Å². The molecule has 2 aromatic rings. The first-order chi connectivity index (χ1) is 13.9. The van der Waals surface area contributed by atoms with Gasteiger partial charge in [0, 0.05) is 0 Å². The van der Waals surface area contributed by atoms with Gasteiger partial charge in [-0.2, -0.15) is 0 Å². The standard InChI is InChI=1S/C23H32O6/c1-17(21-6-10-23(11-7-21)29-15-13-27-19(3)25)16-20-4-8-22(9-5-20)28-14-12-26-18(2)24/h4-11,17-19,24-25H,12-16H2,1-3H3. The number of rotatable bonds is 13. The van der Waals surface area contributed by atoms with E-state index in [0.717, 1.165) is 17.9 Å². The third-order valence-electron chi connectivity index (χ3n) is 4.34. The number of aliphatic hydroxyl groups is 2. The molecule has 0 aliphatic heterocycles. The van der Waals surface area contributed by atoms with Gasteiger partial charge >= 0.3 is 0 Å². The molecule has 6 heteroatoms. The van der Waals surface area contributed by atoms with Gasteiger partial charge in [0.25, 0.3) is 0 Å². The molecule has 0 saturated heterocycles. The third-order valence-corrected chi connectivity index (χ3v) is 4.34. The van der Waals surface area contributed by atoms with E-state index in [9.17, 15) is 0 Å². The summed E-state index contributed by atoms with van der Waals surface area (Å²) in [5.41, 5.74) is 2.48. The van der Waals surface area contributed by atoms with Crippen molar-refractivity contribution in [2.24, 2.45) is 0 Å². The van der Waals surface area contributed by atoms with Crippen LogP contribution in [0.1, 0.15) is 37.8 Å². The van der Waals surface area contributed by atoms with Gasteiger partial charge in [0.15, 0.2) is 12.6 Å². The summed E-state index contributed by atoms with van der Waals surface area (Å²) in [5.74, 6) is 1.95. The van der Waals surface area contributed by atoms with Gasteiger partial charge in [0.1, 0.15) is 24.7 Å². The number of hydrogen-bond donors (Lipinski definition) is 2. The van der Waals surface area contributed by atoms with Crippen LogP contribution < -0.4 is 9.47 Å². The summed E-state index contributed by atoms with van der Waals surface area (Å²) in [5, 5.41) is 18.1. The second-order valence-corrected chi connectivity index (χ2v) is 6.96. The summed E-state index contributed by atoms with van der Waals surface area (Å²) < 4.78 is 21.3. The van der Waals surface area contributed by atoms with Crippen molar-refractivity contribution >= 4 is 0 Å². The monoisotopic (exact) mass is 404 g/mol. The van der Waals surface area contributed by atoms with E-state index >= 15 is 0 Å². The van der Waals surface area contributed by atoms with E-state index in [1.165, 1.54) is 11.1 Å². The molecule has 29 heavy (non-hydrogen) atoms. The van der Waals surface area contributed by atoms with Crippen LogP contribution in [0, 0.1) is 0 Å². The largest absolute Gasteiger partial charge is 0.491 e. The zero-order valence-corrected chi connectivity index (χ0v) is 17.4. The molecule has 160 valence electrons. The average Bonchev–Trinajstić information content (AvgIpc) is 2.70. The van der Waals surface area contributed by atoms with Crippen molar-refractivity contribution in [1.82, 2.24) is 0 Å². The van der Waals surface area contributed by atoms with Gasteiger partial charge in [-0.3, -0.25) is 0 Å². The fourth-order valence-electron chi connectivity index (χ4n) is 2.84. The fraction of sp³-hybridized carbons (Fsp3) is 0.478. The van der Waals surface area contributed by atoms with E-state index in [-0.39, 0.29) is 0 Å². The van der Waals surface area contributed by atoms with E-state index in [0.29, 0.717) is 32.3 Å². The molecular formula is C23H32O6. The molecule has 0 heterocycles. The quantitative estimate of drug-likeness (QED) is 0.393. The predicted octanol–water partition coefficient (Wildman–Crippen LogP) is 3.50. The lowest BCUT2D eigenvalue weighted by molar-refractivity contribution is -0.0917. The summed E-state index contributed by atoms with van der Waals surface area (Å²) >= 11 is 0. The molecule has 0 spiro atoms. The molecule has 0 bridgehead atoms. The molecule has 3 atom stereocenters. The molecule has 0 fully saturated rings. The molecule has 0 saturated carbocycles. The van der Waals surface area contributed by atoms with Crippen LogP contribution in [0.3, 0.4) is 0 Å². The molecule has 0 aliphatic rings. The zero-order valence-electron chi connectivity index (χ0n) is 17.4. The maximum atomic E-state index is 9.05. The van der Waals surface area contributed by atoms with Crippen molar-refractivity contribution in [1.29, 1.82) is 0 Å². The van der Waals surface area contributed by atoms with Crippen LogP contribution in [0.15, 0.2) is 48.5 Å². The van der Waals surface area contributed by atoms with Crippen molar-refractivity contribution < 1.29 is 29.2 Å². The van der Waals surface area contributed by atoms with Crippen LogP contribution >= 0.6 is 0 Å². The normalized spacial score (nSPS) is 14.2. The number of aliphatic hydroxyl groups excluding tert-OH is 2. The maximum absolute atomic E-state index is 9.05. The van der Waals surface area contributed by atoms with Crippen molar-refractivity contribution in [3.05, 3.63) is 59.7 Å². The Morgan fingerprint density at radius 3 is 1.55 bits per heavy atom. The molecule has 0 amide bonds. The van der Waals surface area contributed by atoms with E-state index in [1.807, 2.05) is 24.3 Å². The molecule has 2 N–H and O–H groups in total. The Hall–Kier alpha value is -2.12. The average molecular weight is 405 g/mol. The van der Waals surface area contributed by atoms with Gasteiger partial charge in [-0.1, -0.05) is 31.2 Å². The number of ether oxygens (including phenoxy) is 4.